The van der Waals surface area contributed by atoms with Gasteiger partial charge in [0.25, 0.3) is 5.91 Å². The number of carbonyl (C=O) groups is 2. The van der Waals surface area contributed by atoms with E-state index in [0.29, 0.717) is 40.3 Å². The summed E-state index contributed by atoms with van der Waals surface area (Å²) in [6.07, 6.45) is 1.44. The van der Waals surface area contributed by atoms with Gasteiger partial charge in [-0.15, -0.1) is 0 Å². The molecule has 2 atom stereocenters. The number of aromatic nitrogens is 1. The molecule has 35 heavy (non-hydrogen) atoms. The molecule has 0 fully saturated rings. The van der Waals surface area contributed by atoms with Crippen molar-refractivity contribution in [2.75, 3.05) is 14.2 Å². The molecule has 1 aliphatic rings. The van der Waals surface area contributed by atoms with Crippen LogP contribution in [0.2, 0.25) is 0 Å². The minimum atomic E-state index is -0.905. The lowest BCUT2D eigenvalue weighted by molar-refractivity contribution is 0.0493. The third-order valence-electron chi connectivity index (χ3n) is 5.57. The first-order valence-corrected chi connectivity index (χ1v) is 11.1. The highest BCUT2D eigenvalue weighted by molar-refractivity contribution is 6.06. The normalized spacial score (nSPS) is 16.1. The summed E-state index contributed by atoms with van der Waals surface area (Å²) < 4.78 is 16.5. The lowest BCUT2D eigenvalue weighted by atomic mass is 10.0. The summed E-state index contributed by atoms with van der Waals surface area (Å²) >= 11 is 0. The summed E-state index contributed by atoms with van der Waals surface area (Å²) in [5.41, 5.74) is 2.31. The van der Waals surface area contributed by atoms with Gasteiger partial charge in [0.2, 0.25) is 0 Å². The molecule has 0 aliphatic carbocycles. The van der Waals surface area contributed by atoms with Gasteiger partial charge in [-0.05, 0) is 42.3 Å². The van der Waals surface area contributed by atoms with Crippen LogP contribution in [0.5, 0.6) is 11.5 Å². The molecule has 3 aromatic rings. The van der Waals surface area contributed by atoms with Crippen LogP contribution in [-0.4, -0.2) is 48.0 Å². The van der Waals surface area contributed by atoms with E-state index < -0.39 is 18.4 Å². The van der Waals surface area contributed by atoms with Crippen LogP contribution in [0.25, 0.3) is 0 Å². The molecule has 4 rings (SSSR count). The van der Waals surface area contributed by atoms with Crippen molar-refractivity contribution in [1.82, 2.24) is 15.3 Å². The number of methoxy groups -OCH3 is 2. The van der Waals surface area contributed by atoms with E-state index in [1.54, 1.807) is 38.5 Å². The first-order chi connectivity index (χ1) is 17.0. The van der Waals surface area contributed by atoms with Crippen molar-refractivity contribution >= 4 is 17.7 Å². The highest BCUT2D eigenvalue weighted by Crippen LogP contribution is 2.31. The number of amides is 2. The molecular formula is C26H26N4O5. The lowest BCUT2D eigenvalue weighted by Gasteiger charge is -2.34. The van der Waals surface area contributed by atoms with Gasteiger partial charge in [0.05, 0.1) is 14.2 Å². The zero-order chi connectivity index (χ0) is 24.8. The Balaban J connectivity index is 1.77. The number of benzene rings is 2. The van der Waals surface area contributed by atoms with Crippen LogP contribution in [0.15, 0.2) is 78.2 Å². The molecule has 2 heterocycles. The van der Waals surface area contributed by atoms with E-state index in [9.17, 15) is 9.59 Å². The Morgan fingerprint density at radius 3 is 2.43 bits per heavy atom. The topological polar surface area (TPSA) is 102 Å². The summed E-state index contributed by atoms with van der Waals surface area (Å²) in [6.45, 7) is 1.91. The molecule has 0 saturated carbocycles. The fourth-order valence-corrected chi connectivity index (χ4v) is 3.76. The molecule has 2 unspecified atom stereocenters. The van der Waals surface area contributed by atoms with Gasteiger partial charge in [-0.2, -0.15) is 10.1 Å². The van der Waals surface area contributed by atoms with Gasteiger partial charge in [-0.1, -0.05) is 37.3 Å². The maximum absolute atomic E-state index is 13.1. The van der Waals surface area contributed by atoms with Crippen LogP contribution in [0, 0.1) is 0 Å². The van der Waals surface area contributed by atoms with Gasteiger partial charge >= 0.3 is 6.09 Å². The highest BCUT2D eigenvalue weighted by Gasteiger charge is 2.36. The maximum atomic E-state index is 13.1. The van der Waals surface area contributed by atoms with Gasteiger partial charge in [-0.3, -0.25) is 9.78 Å². The van der Waals surface area contributed by atoms with Crippen molar-refractivity contribution in [3.8, 4) is 11.5 Å². The smallest absolute Gasteiger partial charge is 0.433 e. The van der Waals surface area contributed by atoms with Gasteiger partial charge in [0, 0.05) is 23.5 Å². The molecule has 0 bridgehead atoms. The number of hydrazone groups is 1. The van der Waals surface area contributed by atoms with E-state index in [1.165, 1.54) is 12.4 Å². The number of nitrogens with zero attached hydrogens (tertiary/aromatic N) is 3. The SMILES string of the molecule is CCC1OC(=O)N(C(NC(=O)c2ccncc2)c2ccccc2)N=C1c1ccc(OC)c(OC)c1. The van der Waals surface area contributed by atoms with Crippen molar-refractivity contribution in [3.63, 3.8) is 0 Å². The summed E-state index contributed by atoms with van der Waals surface area (Å²) in [4.78, 5) is 30.0. The van der Waals surface area contributed by atoms with Crippen molar-refractivity contribution < 1.29 is 23.8 Å². The van der Waals surface area contributed by atoms with Gasteiger partial charge in [0.1, 0.15) is 11.8 Å². The quantitative estimate of drug-likeness (QED) is 0.526. The molecule has 0 spiro atoms. The predicted molar refractivity (Wildman–Crippen MR) is 129 cm³/mol. The zero-order valence-electron chi connectivity index (χ0n) is 19.7. The largest absolute Gasteiger partial charge is 0.493 e. The Hall–Kier alpha value is -4.40. The fraction of sp³-hybridized carbons (Fsp3) is 0.231. The molecule has 180 valence electrons. The molecular weight excluding hydrogens is 448 g/mol. The molecule has 1 aromatic heterocycles. The first kappa shape index (κ1) is 23.7. The van der Waals surface area contributed by atoms with E-state index >= 15 is 0 Å². The van der Waals surface area contributed by atoms with Crippen LogP contribution in [0.1, 0.15) is 41.0 Å². The lowest BCUT2D eigenvalue weighted by Crippen LogP contribution is -2.48. The Kier molecular flexibility index (Phi) is 7.25. The van der Waals surface area contributed by atoms with Gasteiger partial charge < -0.3 is 19.5 Å². The monoisotopic (exact) mass is 474 g/mol. The second-order valence-electron chi connectivity index (χ2n) is 7.70. The number of rotatable bonds is 8. The molecule has 0 radical (unpaired) electrons. The fourth-order valence-electron chi connectivity index (χ4n) is 3.76. The summed E-state index contributed by atoms with van der Waals surface area (Å²) in [7, 11) is 3.11. The Bertz CT molecular complexity index is 1220. The molecule has 2 amide bonds. The van der Waals surface area contributed by atoms with E-state index in [-0.39, 0.29) is 5.91 Å². The second-order valence-corrected chi connectivity index (χ2v) is 7.70. The Labute approximate surface area is 203 Å². The van der Waals surface area contributed by atoms with E-state index in [2.05, 4.69) is 10.3 Å². The van der Waals surface area contributed by atoms with Crippen molar-refractivity contribution in [2.24, 2.45) is 5.10 Å². The van der Waals surface area contributed by atoms with E-state index in [0.717, 1.165) is 5.01 Å². The molecule has 9 nitrogen and oxygen atoms in total. The molecule has 1 N–H and O–H groups in total. The second kappa shape index (κ2) is 10.7. The summed E-state index contributed by atoms with van der Waals surface area (Å²) in [6, 6.07) is 17.7. The van der Waals surface area contributed by atoms with Crippen molar-refractivity contribution in [1.29, 1.82) is 0 Å². The number of hydrogen-bond acceptors (Lipinski definition) is 7. The minimum Gasteiger partial charge on any atom is -0.493 e. The van der Waals surface area contributed by atoms with Crippen molar-refractivity contribution in [2.45, 2.75) is 25.6 Å². The third kappa shape index (κ3) is 5.08. The number of hydrogen-bond donors (Lipinski definition) is 1. The number of carbonyl (C=O) groups excluding carboxylic acids is 2. The first-order valence-electron chi connectivity index (χ1n) is 11.1. The van der Waals surface area contributed by atoms with Crippen LogP contribution in [-0.2, 0) is 4.74 Å². The van der Waals surface area contributed by atoms with Crippen LogP contribution < -0.4 is 14.8 Å². The average Bonchev–Trinajstić information content (AvgIpc) is 2.92. The number of pyridine rings is 1. The van der Waals surface area contributed by atoms with E-state index in [1.807, 2.05) is 43.3 Å². The maximum Gasteiger partial charge on any atom is 0.433 e. The third-order valence-corrected chi connectivity index (χ3v) is 5.57. The number of cyclic esters (lactones) is 1. The van der Waals surface area contributed by atoms with Gasteiger partial charge in [0.15, 0.2) is 17.7 Å². The molecule has 1 aliphatic heterocycles. The molecule has 9 heteroatoms. The predicted octanol–water partition coefficient (Wildman–Crippen LogP) is 4.16. The van der Waals surface area contributed by atoms with Crippen molar-refractivity contribution in [3.05, 3.63) is 89.7 Å². The standard InChI is InChI=1S/C26H26N4O5/c1-4-20-23(19-10-11-21(33-2)22(16-19)34-3)29-30(26(32)35-20)24(17-8-6-5-7-9-17)28-25(31)18-12-14-27-15-13-18/h5-16,20,24H,4H2,1-3H3,(H,28,31). The van der Waals surface area contributed by atoms with Crippen LogP contribution >= 0.6 is 0 Å². The molecule has 0 saturated heterocycles. The van der Waals surface area contributed by atoms with E-state index in [4.69, 9.17) is 19.3 Å². The minimum absolute atomic E-state index is 0.380. The number of ether oxygens (including phenoxy) is 3. The average molecular weight is 475 g/mol. The Morgan fingerprint density at radius 1 is 1.06 bits per heavy atom. The highest BCUT2D eigenvalue weighted by atomic mass is 16.6. The van der Waals surface area contributed by atoms with Gasteiger partial charge in [-0.25, -0.2) is 4.79 Å². The molecule has 2 aromatic carbocycles. The number of nitrogens with one attached hydrogen (secondary N) is 1. The summed E-state index contributed by atoms with van der Waals surface area (Å²) in [5, 5.41) is 8.75. The Morgan fingerprint density at radius 2 is 1.77 bits per heavy atom. The van der Waals surface area contributed by atoms with Crippen LogP contribution in [0.4, 0.5) is 4.79 Å². The summed E-state index contributed by atoms with van der Waals surface area (Å²) in [5.74, 6) is 0.715. The van der Waals surface area contributed by atoms with Crippen LogP contribution in [0.3, 0.4) is 0 Å². The zero-order valence-corrected chi connectivity index (χ0v) is 19.7.